The second-order valence-electron chi connectivity index (χ2n) is 7.33. The van der Waals surface area contributed by atoms with Crippen molar-refractivity contribution in [3.8, 4) is 5.75 Å². The first-order valence-corrected chi connectivity index (χ1v) is 11.7. The van der Waals surface area contributed by atoms with E-state index in [0.29, 0.717) is 64.8 Å². The minimum atomic E-state index is -3.54. The number of hydrogen-bond donors (Lipinski definition) is 0. The zero-order valence-electron chi connectivity index (χ0n) is 17.2. The Morgan fingerprint density at radius 2 is 1.79 bits per heavy atom. The molecular formula is C20H31N3O5S. The number of morpholine rings is 1. The summed E-state index contributed by atoms with van der Waals surface area (Å²) in [7, 11) is -3.54. The maximum Gasteiger partial charge on any atom is 0.243 e. The summed E-state index contributed by atoms with van der Waals surface area (Å²) in [5, 5.41) is 0. The highest BCUT2D eigenvalue weighted by Gasteiger charge is 2.30. The average molecular weight is 426 g/mol. The fourth-order valence-electron chi connectivity index (χ4n) is 3.64. The molecule has 0 aliphatic carbocycles. The Hall–Kier alpha value is -1.68. The normalized spacial score (nSPS) is 21.9. The summed E-state index contributed by atoms with van der Waals surface area (Å²) in [5.41, 5.74) is 0. The number of carbonyl (C=O) groups is 1. The van der Waals surface area contributed by atoms with Crippen LogP contribution in [-0.4, -0.2) is 93.6 Å². The van der Waals surface area contributed by atoms with Crippen molar-refractivity contribution in [3.63, 3.8) is 0 Å². The first-order valence-electron chi connectivity index (χ1n) is 10.3. The van der Waals surface area contributed by atoms with Gasteiger partial charge in [-0.25, -0.2) is 8.42 Å². The smallest absolute Gasteiger partial charge is 0.243 e. The number of ether oxygens (including phenoxy) is 2. The number of hydrogen-bond acceptors (Lipinski definition) is 6. The molecule has 0 saturated carbocycles. The van der Waals surface area contributed by atoms with E-state index in [1.807, 2.05) is 16.7 Å². The molecule has 9 heteroatoms. The summed E-state index contributed by atoms with van der Waals surface area (Å²) in [6, 6.07) is 6.52. The van der Waals surface area contributed by atoms with Crippen LogP contribution in [0.2, 0.25) is 0 Å². The number of amides is 1. The highest BCUT2D eigenvalue weighted by Crippen LogP contribution is 2.21. The van der Waals surface area contributed by atoms with E-state index in [1.54, 1.807) is 24.3 Å². The SMILES string of the molecule is CCOc1ccc(S(=O)(=O)N2CCN(CC(=O)N3CCOC(CC)C3)CC2)cc1. The van der Waals surface area contributed by atoms with Gasteiger partial charge in [0, 0.05) is 39.3 Å². The van der Waals surface area contributed by atoms with E-state index in [4.69, 9.17) is 9.47 Å². The standard InChI is InChI=1S/C20H31N3O5S/c1-3-17-15-22(13-14-28-17)20(24)16-21-9-11-23(12-10-21)29(25,26)19-7-5-18(6-8-19)27-4-2/h5-8,17H,3-4,9-16H2,1-2H3. The van der Waals surface area contributed by atoms with Gasteiger partial charge in [-0.2, -0.15) is 4.31 Å². The van der Waals surface area contributed by atoms with Gasteiger partial charge >= 0.3 is 0 Å². The third-order valence-corrected chi connectivity index (χ3v) is 7.32. The maximum absolute atomic E-state index is 12.9. The third kappa shape index (κ3) is 5.48. The highest BCUT2D eigenvalue weighted by atomic mass is 32.2. The lowest BCUT2D eigenvalue weighted by molar-refractivity contribution is -0.140. The lowest BCUT2D eigenvalue weighted by atomic mass is 10.2. The van der Waals surface area contributed by atoms with Gasteiger partial charge in [-0.05, 0) is 37.6 Å². The second-order valence-corrected chi connectivity index (χ2v) is 9.26. The Balaban J connectivity index is 1.52. The molecule has 2 saturated heterocycles. The summed E-state index contributed by atoms with van der Waals surface area (Å²) < 4.78 is 38.2. The molecule has 0 bridgehead atoms. The molecule has 0 radical (unpaired) electrons. The van der Waals surface area contributed by atoms with Crippen molar-refractivity contribution < 1.29 is 22.7 Å². The van der Waals surface area contributed by atoms with E-state index in [-0.39, 0.29) is 16.9 Å². The molecule has 2 aliphatic rings. The van der Waals surface area contributed by atoms with E-state index >= 15 is 0 Å². The number of carbonyl (C=O) groups excluding carboxylic acids is 1. The molecule has 3 rings (SSSR count). The number of benzene rings is 1. The summed E-state index contributed by atoms with van der Waals surface area (Å²) in [4.78, 5) is 16.8. The quantitative estimate of drug-likeness (QED) is 0.649. The van der Waals surface area contributed by atoms with Gasteiger partial charge < -0.3 is 14.4 Å². The fourth-order valence-corrected chi connectivity index (χ4v) is 5.06. The van der Waals surface area contributed by atoms with Crippen molar-refractivity contribution in [2.75, 3.05) is 59.0 Å². The summed E-state index contributed by atoms with van der Waals surface area (Å²) >= 11 is 0. The Morgan fingerprint density at radius 1 is 1.10 bits per heavy atom. The van der Waals surface area contributed by atoms with E-state index in [1.165, 1.54) is 4.31 Å². The molecule has 2 aliphatic heterocycles. The van der Waals surface area contributed by atoms with E-state index in [9.17, 15) is 13.2 Å². The summed E-state index contributed by atoms with van der Waals surface area (Å²) in [6.45, 7) is 8.50. The predicted molar refractivity (Wildman–Crippen MR) is 109 cm³/mol. The van der Waals surface area contributed by atoms with Gasteiger partial charge in [0.25, 0.3) is 0 Å². The van der Waals surface area contributed by atoms with Gasteiger partial charge in [-0.3, -0.25) is 9.69 Å². The maximum atomic E-state index is 12.9. The molecule has 1 aromatic rings. The van der Waals surface area contributed by atoms with Gasteiger partial charge in [0.2, 0.25) is 15.9 Å². The Labute approximate surface area is 173 Å². The van der Waals surface area contributed by atoms with Gasteiger partial charge in [-0.1, -0.05) is 6.92 Å². The van der Waals surface area contributed by atoms with Crippen LogP contribution in [0.25, 0.3) is 0 Å². The molecular weight excluding hydrogens is 394 g/mol. The zero-order chi connectivity index (χ0) is 20.9. The fraction of sp³-hybridized carbons (Fsp3) is 0.650. The second kappa shape index (κ2) is 9.88. The van der Waals surface area contributed by atoms with Gasteiger partial charge in [0.15, 0.2) is 0 Å². The van der Waals surface area contributed by atoms with Crippen LogP contribution in [0.1, 0.15) is 20.3 Å². The molecule has 29 heavy (non-hydrogen) atoms. The number of nitrogens with zero attached hydrogens (tertiary/aromatic N) is 3. The number of sulfonamides is 1. The molecule has 2 fully saturated rings. The van der Waals surface area contributed by atoms with Crippen LogP contribution in [0.4, 0.5) is 0 Å². The van der Waals surface area contributed by atoms with Crippen molar-refractivity contribution in [2.24, 2.45) is 0 Å². The largest absolute Gasteiger partial charge is 0.494 e. The van der Waals surface area contributed by atoms with Crippen molar-refractivity contribution in [2.45, 2.75) is 31.3 Å². The van der Waals surface area contributed by atoms with Crippen LogP contribution in [-0.2, 0) is 19.6 Å². The van der Waals surface area contributed by atoms with Crippen LogP contribution in [0.5, 0.6) is 5.75 Å². The molecule has 0 aromatic heterocycles. The zero-order valence-corrected chi connectivity index (χ0v) is 18.1. The molecule has 0 N–H and O–H groups in total. The van der Waals surface area contributed by atoms with Gasteiger partial charge in [-0.15, -0.1) is 0 Å². The monoisotopic (exact) mass is 425 g/mol. The minimum absolute atomic E-state index is 0.0922. The Morgan fingerprint density at radius 3 is 2.41 bits per heavy atom. The molecule has 162 valence electrons. The Bertz CT molecular complexity index is 776. The Kier molecular flexibility index (Phi) is 7.50. The van der Waals surface area contributed by atoms with E-state index in [2.05, 4.69) is 6.92 Å². The lowest BCUT2D eigenvalue weighted by Gasteiger charge is -2.36. The first-order chi connectivity index (χ1) is 13.9. The summed E-state index contributed by atoms with van der Waals surface area (Å²) in [6.07, 6.45) is 1.01. The molecule has 1 amide bonds. The van der Waals surface area contributed by atoms with E-state index < -0.39 is 10.0 Å². The highest BCUT2D eigenvalue weighted by molar-refractivity contribution is 7.89. The average Bonchev–Trinajstić information content (AvgIpc) is 2.75. The molecule has 0 spiro atoms. The number of rotatable bonds is 7. The van der Waals surface area contributed by atoms with Gasteiger partial charge in [0.05, 0.1) is 30.8 Å². The first kappa shape index (κ1) is 22.0. The van der Waals surface area contributed by atoms with Crippen molar-refractivity contribution in [3.05, 3.63) is 24.3 Å². The van der Waals surface area contributed by atoms with Crippen LogP contribution in [0.15, 0.2) is 29.2 Å². The molecule has 2 heterocycles. The molecule has 1 unspecified atom stereocenters. The molecule has 1 atom stereocenters. The van der Waals surface area contributed by atoms with Gasteiger partial charge in [0.1, 0.15) is 5.75 Å². The predicted octanol–water partition coefficient (Wildman–Crippen LogP) is 1.03. The van der Waals surface area contributed by atoms with Crippen LogP contribution in [0.3, 0.4) is 0 Å². The van der Waals surface area contributed by atoms with E-state index in [0.717, 1.165) is 6.42 Å². The third-order valence-electron chi connectivity index (χ3n) is 5.41. The topological polar surface area (TPSA) is 79.4 Å². The van der Waals surface area contributed by atoms with Crippen molar-refractivity contribution >= 4 is 15.9 Å². The summed E-state index contributed by atoms with van der Waals surface area (Å²) in [5.74, 6) is 0.748. The van der Waals surface area contributed by atoms with Crippen LogP contribution in [0, 0.1) is 0 Å². The lowest BCUT2D eigenvalue weighted by Crippen LogP contribution is -2.53. The van der Waals surface area contributed by atoms with Crippen LogP contribution >= 0.6 is 0 Å². The molecule has 1 aromatic carbocycles. The molecule has 8 nitrogen and oxygen atoms in total. The number of piperazine rings is 1. The van der Waals surface area contributed by atoms with Crippen molar-refractivity contribution in [1.82, 2.24) is 14.1 Å². The van der Waals surface area contributed by atoms with Crippen molar-refractivity contribution in [1.29, 1.82) is 0 Å². The minimum Gasteiger partial charge on any atom is -0.494 e. The van der Waals surface area contributed by atoms with Crippen LogP contribution < -0.4 is 4.74 Å².